The topological polar surface area (TPSA) is 89.6 Å². The monoisotopic (exact) mass is 351 g/mol. The third kappa shape index (κ3) is 2.55. The molecule has 3 aromatic rings. The Hall–Kier alpha value is -2.18. The quantitative estimate of drug-likeness (QED) is 0.245. The number of hydrogen-bond acceptors (Lipinski definition) is 4. The van der Waals surface area contributed by atoms with Crippen molar-refractivity contribution in [3.05, 3.63) is 45.7 Å². The molecule has 0 bridgehead atoms. The summed E-state index contributed by atoms with van der Waals surface area (Å²) in [7, 11) is 0. The maximum atomic E-state index is 12.4. The molecule has 108 valence electrons. The van der Waals surface area contributed by atoms with E-state index in [1.54, 1.807) is 9.63 Å². The molecule has 0 spiro atoms. The van der Waals surface area contributed by atoms with Crippen molar-refractivity contribution >= 4 is 30.6 Å². The van der Waals surface area contributed by atoms with Gasteiger partial charge in [0.25, 0.3) is 0 Å². The van der Waals surface area contributed by atoms with Crippen molar-refractivity contribution in [2.75, 3.05) is 0 Å². The number of fused-ring (bicyclic) bond motifs is 1. The molecule has 0 aliphatic heterocycles. The molecule has 1 N–H and O–H groups in total. The fourth-order valence-electron chi connectivity index (χ4n) is 1.86. The van der Waals surface area contributed by atoms with Crippen molar-refractivity contribution in [2.24, 2.45) is 0 Å². The molecular formula is C13H13N5O2Se. The van der Waals surface area contributed by atoms with Gasteiger partial charge in [-0.25, -0.2) is 0 Å². The average Bonchev–Trinajstić information content (AvgIpc) is 3.07. The summed E-state index contributed by atoms with van der Waals surface area (Å²) in [6, 6.07) is 5.36. The Labute approximate surface area is 126 Å². The van der Waals surface area contributed by atoms with Crippen LogP contribution in [0.3, 0.4) is 0 Å². The van der Waals surface area contributed by atoms with Crippen LogP contribution in [0.5, 0.6) is 0 Å². The van der Waals surface area contributed by atoms with Crippen molar-refractivity contribution < 1.29 is 4.74 Å². The second-order valence-electron chi connectivity index (χ2n) is 4.84. The number of nitrogens with zero attached hydrogens (tertiary/aromatic N) is 4. The maximum absolute atomic E-state index is 12.4. The van der Waals surface area contributed by atoms with Gasteiger partial charge in [-0.2, -0.15) is 0 Å². The van der Waals surface area contributed by atoms with Crippen LogP contribution < -0.4 is 5.56 Å². The first-order valence-electron chi connectivity index (χ1n) is 6.38. The Morgan fingerprint density at radius 2 is 2.29 bits per heavy atom. The zero-order chi connectivity index (χ0) is 15.0. The third-order valence-corrected chi connectivity index (χ3v) is 5.24. The van der Waals surface area contributed by atoms with Gasteiger partial charge in [-0.1, -0.05) is 0 Å². The molecule has 0 saturated carbocycles. The first-order valence-corrected chi connectivity index (χ1v) is 8.00. The number of nitrogens with one attached hydrogen (secondary N) is 1. The van der Waals surface area contributed by atoms with Crippen LogP contribution in [0.15, 0.2) is 29.3 Å². The molecule has 21 heavy (non-hydrogen) atoms. The van der Waals surface area contributed by atoms with Crippen molar-refractivity contribution in [2.45, 2.75) is 19.9 Å². The number of H-pyrrole nitrogens is 1. The summed E-state index contributed by atoms with van der Waals surface area (Å²) in [4.78, 5) is 16.4. The van der Waals surface area contributed by atoms with Crippen molar-refractivity contribution in [1.29, 1.82) is 0 Å². The van der Waals surface area contributed by atoms with E-state index < -0.39 is 0 Å². The van der Waals surface area contributed by atoms with Gasteiger partial charge >= 0.3 is 126 Å². The summed E-state index contributed by atoms with van der Waals surface area (Å²) in [6.45, 7) is 3.63. The standard InChI is InChI=1S/C13H13N5O2Se/c1-8(2)17(20)6-9-3-4-11-10(5-9)12(19)18(21-11)13-14-7-15-16-13/h3-8H,1-2H3,(H,14,15,16). The van der Waals surface area contributed by atoms with E-state index >= 15 is 0 Å². The molecule has 8 heteroatoms. The zero-order valence-corrected chi connectivity index (χ0v) is 13.2. The molecule has 0 radical (unpaired) electrons. The summed E-state index contributed by atoms with van der Waals surface area (Å²) < 4.78 is 3.44. The molecule has 0 aliphatic rings. The van der Waals surface area contributed by atoms with E-state index in [1.807, 2.05) is 26.0 Å². The van der Waals surface area contributed by atoms with E-state index in [0.717, 1.165) is 14.6 Å². The molecule has 0 aliphatic carbocycles. The van der Waals surface area contributed by atoms with E-state index in [-0.39, 0.29) is 26.3 Å². The van der Waals surface area contributed by atoms with Crippen LogP contribution in [0.25, 0.3) is 15.6 Å². The average molecular weight is 350 g/mol. The summed E-state index contributed by atoms with van der Waals surface area (Å²) in [5, 5.41) is 18.8. The van der Waals surface area contributed by atoms with Crippen LogP contribution in [-0.2, 0) is 0 Å². The molecule has 0 saturated heterocycles. The van der Waals surface area contributed by atoms with Crippen LogP contribution in [-0.4, -0.2) is 50.5 Å². The van der Waals surface area contributed by atoms with E-state index in [4.69, 9.17) is 0 Å². The van der Waals surface area contributed by atoms with Gasteiger partial charge in [-0.15, -0.1) is 0 Å². The Bertz CT molecular complexity index is 860. The Kier molecular flexibility index (Phi) is 3.48. The summed E-state index contributed by atoms with van der Waals surface area (Å²) in [5.74, 6) is 0.453. The van der Waals surface area contributed by atoms with Gasteiger partial charge in [-0.3, -0.25) is 0 Å². The van der Waals surface area contributed by atoms with Crippen molar-refractivity contribution in [3.8, 4) is 5.95 Å². The van der Waals surface area contributed by atoms with Crippen molar-refractivity contribution in [3.63, 3.8) is 0 Å². The predicted molar refractivity (Wildman–Crippen MR) is 80.4 cm³/mol. The molecular weight excluding hydrogens is 337 g/mol. The number of benzene rings is 1. The second-order valence-corrected chi connectivity index (χ2v) is 6.91. The van der Waals surface area contributed by atoms with Gasteiger partial charge in [0, 0.05) is 0 Å². The first kappa shape index (κ1) is 13.8. The number of aromatic amines is 1. The SMILES string of the molecule is CC(C)[N+]([O-])=Cc1ccc2[se]n(-c3ncn[nH]3)c(=O)c2c1. The van der Waals surface area contributed by atoms with E-state index in [9.17, 15) is 10.0 Å². The molecule has 3 rings (SSSR count). The predicted octanol–water partition coefficient (Wildman–Crippen LogP) is 0.503. The number of rotatable bonds is 3. The number of aromatic nitrogens is 4. The van der Waals surface area contributed by atoms with Crippen LogP contribution in [0, 0.1) is 5.21 Å². The van der Waals surface area contributed by atoms with Gasteiger partial charge in [-0.05, 0) is 0 Å². The fourth-order valence-corrected chi connectivity index (χ4v) is 3.80. The van der Waals surface area contributed by atoms with E-state index in [2.05, 4.69) is 15.2 Å². The van der Waals surface area contributed by atoms with Gasteiger partial charge in [0.15, 0.2) is 0 Å². The number of hydroxylamine groups is 1. The Balaban J connectivity index is 2.13. The van der Waals surface area contributed by atoms with Crippen molar-refractivity contribution in [1.82, 2.24) is 18.7 Å². The summed E-state index contributed by atoms with van der Waals surface area (Å²) in [5.41, 5.74) is 0.611. The Morgan fingerprint density at radius 3 is 2.95 bits per heavy atom. The molecule has 2 aromatic heterocycles. The normalized spacial score (nSPS) is 12.4. The van der Waals surface area contributed by atoms with Gasteiger partial charge in [0.2, 0.25) is 0 Å². The van der Waals surface area contributed by atoms with Gasteiger partial charge in [0.1, 0.15) is 0 Å². The molecule has 0 amide bonds. The summed E-state index contributed by atoms with van der Waals surface area (Å²) in [6.07, 6.45) is 2.88. The van der Waals surface area contributed by atoms with Crippen LogP contribution in [0.2, 0.25) is 0 Å². The fraction of sp³-hybridized carbons (Fsp3) is 0.231. The first-order chi connectivity index (χ1) is 10.1. The van der Waals surface area contributed by atoms with Crippen LogP contribution >= 0.6 is 0 Å². The molecule has 0 atom stereocenters. The third-order valence-electron chi connectivity index (χ3n) is 2.99. The second kappa shape index (κ2) is 5.31. The minimum absolute atomic E-state index is 0.112. The molecule has 0 fully saturated rings. The molecule has 2 heterocycles. The molecule has 1 aromatic carbocycles. The van der Waals surface area contributed by atoms with Crippen LogP contribution in [0.1, 0.15) is 19.4 Å². The van der Waals surface area contributed by atoms with Gasteiger partial charge < -0.3 is 0 Å². The molecule has 7 nitrogen and oxygen atoms in total. The number of hydrogen-bond donors (Lipinski definition) is 1. The van der Waals surface area contributed by atoms with Crippen LogP contribution in [0.4, 0.5) is 0 Å². The molecule has 0 unspecified atom stereocenters. The minimum atomic E-state index is -0.167. The zero-order valence-electron chi connectivity index (χ0n) is 11.5. The van der Waals surface area contributed by atoms with Gasteiger partial charge in [0.05, 0.1) is 0 Å². The Morgan fingerprint density at radius 1 is 1.48 bits per heavy atom. The summed E-state index contributed by atoms with van der Waals surface area (Å²) >= 11 is -0.167. The van der Waals surface area contributed by atoms with E-state index in [1.165, 1.54) is 12.5 Å². The van der Waals surface area contributed by atoms with E-state index in [0.29, 0.717) is 11.3 Å².